The topological polar surface area (TPSA) is 108 Å². The summed E-state index contributed by atoms with van der Waals surface area (Å²) in [4.78, 5) is 25.1. The molecule has 4 saturated carbocycles. The first-order valence-corrected chi connectivity index (χ1v) is 11.3. The van der Waals surface area contributed by atoms with E-state index in [1.807, 2.05) is 6.92 Å². The van der Waals surface area contributed by atoms with Crippen molar-refractivity contribution in [1.29, 1.82) is 0 Å². The highest BCUT2D eigenvalue weighted by Gasteiger charge is 2.73. The summed E-state index contributed by atoms with van der Waals surface area (Å²) in [6, 6.07) is 3.05. The highest BCUT2D eigenvalue weighted by Crippen LogP contribution is 2.69. The second-order valence-electron chi connectivity index (χ2n) is 10.8. The van der Waals surface area contributed by atoms with Gasteiger partial charge in [-0.25, -0.2) is 4.79 Å². The van der Waals surface area contributed by atoms with Gasteiger partial charge in [-0.3, -0.25) is 4.79 Å². The first kappa shape index (κ1) is 20.4. The average Bonchev–Trinajstić information content (AvgIpc) is 3.00. The Bertz CT molecular complexity index is 904. The van der Waals surface area contributed by atoms with Crippen LogP contribution >= 0.6 is 0 Å². The third-order valence-electron chi connectivity index (χ3n) is 9.80. The van der Waals surface area contributed by atoms with Crippen LogP contribution in [0.1, 0.15) is 70.3 Å². The van der Waals surface area contributed by atoms with Crippen LogP contribution in [0, 0.1) is 28.6 Å². The lowest BCUT2D eigenvalue weighted by Crippen LogP contribution is -2.70. The van der Waals surface area contributed by atoms with Crippen LogP contribution in [0.3, 0.4) is 0 Å². The molecule has 4 aliphatic rings. The fourth-order valence-electron chi connectivity index (χ4n) is 8.09. The summed E-state index contributed by atoms with van der Waals surface area (Å²) in [6.07, 6.45) is 4.71. The van der Waals surface area contributed by atoms with Gasteiger partial charge in [0.2, 0.25) is 0 Å². The van der Waals surface area contributed by atoms with Crippen LogP contribution in [0.25, 0.3) is 0 Å². The molecule has 0 bridgehead atoms. The lowest BCUT2D eigenvalue weighted by molar-refractivity contribution is -0.230. The van der Waals surface area contributed by atoms with E-state index in [0.29, 0.717) is 25.7 Å². The Morgan fingerprint density at radius 1 is 1.03 bits per heavy atom. The molecule has 4 aliphatic carbocycles. The molecule has 9 atom stereocenters. The predicted molar refractivity (Wildman–Crippen MR) is 109 cm³/mol. The van der Waals surface area contributed by atoms with E-state index >= 15 is 0 Å². The van der Waals surface area contributed by atoms with Gasteiger partial charge in [0.05, 0.1) is 18.0 Å². The fourth-order valence-corrected chi connectivity index (χ4v) is 8.09. The molecule has 30 heavy (non-hydrogen) atoms. The lowest BCUT2D eigenvalue weighted by atomic mass is 9.42. The van der Waals surface area contributed by atoms with Gasteiger partial charge in [0.15, 0.2) is 5.78 Å². The number of ketones is 1. The quantitative estimate of drug-likeness (QED) is 0.649. The minimum absolute atomic E-state index is 0.153. The number of aliphatic hydroxyl groups excluding tert-OH is 2. The number of Topliss-reactive ketones (excluding diaryl/α,β-unsaturated/α-hetero) is 1. The van der Waals surface area contributed by atoms with Crippen molar-refractivity contribution < 1.29 is 24.5 Å². The van der Waals surface area contributed by atoms with Crippen molar-refractivity contribution in [3.63, 3.8) is 0 Å². The van der Waals surface area contributed by atoms with Gasteiger partial charge >= 0.3 is 5.63 Å². The molecule has 0 radical (unpaired) electrons. The fraction of sp³-hybridized carbons (Fsp3) is 0.750. The van der Waals surface area contributed by atoms with Crippen LogP contribution in [-0.2, 0) is 4.79 Å². The SMILES string of the molecule is C[C@]12CC[C@H](O)C[C@@H]1CCC1[C@@H]2C(=O)[C@H](O)[C@]2(C)[C@@H](c3ccc(=O)oc3)CC[C@]12O. The standard InChI is InChI=1S/C24H32O6/c1-22-9-7-15(25)11-14(22)4-5-17-19(22)20(27)21(28)23(2)16(8-10-24(17,23)29)13-3-6-18(26)30-12-13/h3,6,12,14-17,19,21,25,28-29H,4-5,7-11H2,1-2H3/t14-,15-,16+,17?,19+,21-,22-,23-,24-/m0/s1. The normalized spacial score (nSPS) is 50.5. The predicted octanol–water partition coefficient (Wildman–Crippen LogP) is 2.39. The minimum Gasteiger partial charge on any atom is -0.431 e. The van der Waals surface area contributed by atoms with E-state index in [4.69, 9.17) is 4.42 Å². The smallest absolute Gasteiger partial charge is 0.335 e. The second-order valence-corrected chi connectivity index (χ2v) is 10.8. The van der Waals surface area contributed by atoms with E-state index in [1.165, 1.54) is 12.3 Å². The molecule has 4 fully saturated rings. The Morgan fingerprint density at radius 3 is 2.50 bits per heavy atom. The van der Waals surface area contributed by atoms with Crippen molar-refractivity contribution in [3.05, 3.63) is 34.4 Å². The summed E-state index contributed by atoms with van der Waals surface area (Å²) in [7, 11) is 0. The van der Waals surface area contributed by atoms with Crippen LogP contribution in [0.5, 0.6) is 0 Å². The second kappa shape index (κ2) is 6.50. The Morgan fingerprint density at radius 2 is 1.80 bits per heavy atom. The molecule has 1 unspecified atom stereocenters. The number of carbonyl (C=O) groups is 1. The molecule has 6 nitrogen and oxygen atoms in total. The average molecular weight is 417 g/mol. The summed E-state index contributed by atoms with van der Waals surface area (Å²) in [6.45, 7) is 3.98. The molecule has 164 valence electrons. The van der Waals surface area contributed by atoms with Gasteiger partial charge in [-0.15, -0.1) is 0 Å². The maximum absolute atomic E-state index is 13.7. The van der Waals surface area contributed by atoms with E-state index < -0.39 is 22.7 Å². The first-order valence-electron chi connectivity index (χ1n) is 11.3. The molecule has 0 spiro atoms. The number of hydrogen-bond donors (Lipinski definition) is 3. The summed E-state index contributed by atoms with van der Waals surface area (Å²) in [5, 5.41) is 33.7. The molecule has 3 N–H and O–H groups in total. The summed E-state index contributed by atoms with van der Waals surface area (Å²) in [5.41, 5.74) is -2.17. The van der Waals surface area contributed by atoms with E-state index in [9.17, 15) is 24.9 Å². The van der Waals surface area contributed by atoms with Crippen molar-refractivity contribution in [2.75, 3.05) is 0 Å². The van der Waals surface area contributed by atoms with Gasteiger partial charge in [-0.1, -0.05) is 13.8 Å². The molecule has 1 heterocycles. The van der Waals surface area contributed by atoms with E-state index in [2.05, 4.69) is 6.92 Å². The molecule has 0 aromatic carbocycles. The van der Waals surface area contributed by atoms with Crippen LogP contribution in [0.4, 0.5) is 0 Å². The van der Waals surface area contributed by atoms with E-state index in [0.717, 1.165) is 24.8 Å². The van der Waals surface area contributed by atoms with Gasteiger partial charge in [0.1, 0.15) is 6.10 Å². The molecule has 0 saturated heterocycles. The molecule has 0 aliphatic heterocycles. The van der Waals surface area contributed by atoms with E-state index in [-0.39, 0.29) is 41.0 Å². The first-order chi connectivity index (χ1) is 14.1. The van der Waals surface area contributed by atoms with Gasteiger partial charge < -0.3 is 19.7 Å². The maximum atomic E-state index is 13.7. The molecule has 0 amide bonds. The third-order valence-corrected chi connectivity index (χ3v) is 9.80. The Kier molecular flexibility index (Phi) is 4.42. The molecule has 6 heteroatoms. The monoisotopic (exact) mass is 416 g/mol. The lowest BCUT2D eigenvalue weighted by Gasteiger charge is -2.63. The number of hydrogen-bond acceptors (Lipinski definition) is 6. The number of rotatable bonds is 1. The summed E-state index contributed by atoms with van der Waals surface area (Å²) < 4.78 is 5.07. The molecular formula is C24H32O6. The zero-order valence-corrected chi connectivity index (χ0v) is 17.7. The van der Waals surface area contributed by atoms with Gasteiger partial charge in [-0.2, -0.15) is 0 Å². The highest BCUT2D eigenvalue weighted by atomic mass is 16.4. The van der Waals surface area contributed by atoms with Crippen LogP contribution in [0.15, 0.2) is 27.6 Å². The Hall–Kier alpha value is -1.50. The van der Waals surface area contributed by atoms with E-state index in [1.54, 1.807) is 6.07 Å². The zero-order chi connectivity index (χ0) is 21.5. The number of carbonyl (C=O) groups excluding carboxylic acids is 1. The molecule has 1 aromatic heterocycles. The third kappa shape index (κ3) is 2.41. The summed E-state index contributed by atoms with van der Waals surface area (Å²) >= 11 is 0. The largest absolute Gasteiger partial charge is 0.431 e. The van der Waals surface area contributed by atoms with Crippen molar-refractivity contribution in [3.8, 4) is 0 Å². The number of fused-ring (bicyclic) bond motifs is 5. The van der Waals surface area contributed by atoms with Crippen LogP contribution in [-0.4, -0.2) is 38.9 Å². The van der Waals surface area contributed by atoms with Crippen molar-refractivity contribution >= 4 is 5.78 Å². The minimum atomic E-state index is -1.27. The van der Waals surface area contributed by atoms with Crippen molar-refractivity contribution in [1.82, 2.24) is 0 Å². The molecule has 1 aromatic rings. The molecule has 5 rings (SSSR count). The maximum Gasteiger partial charge on any atom is 0.335 e. The van der Waals surface area contributed by atoms with Crippen LogP contribution < -0.4 is 5.63 Å². The summed E-state index contributed by atoms with van der Waals surface area (Å²) in [5.74, 6) is -0.752. The van der Waals surface area contributed by atoms with Gasteiger partial charge in [-0.05, 0) is 79.7 Å². The molecular weight excluding hydrogens is 384 g/mol. The highest BCUT2D eigenvalue weighted by molar-refractivity contribution is 5.89. The van der Waals surface area contributed by atoms with Crippen molar-refractivity contribution in [2.24, 2.45) is 28.6 Å². The van der Waals surface area contributed by atoms with Crippen molar-refractivity contribution in [2.45, 2.75) is 82.5 Å². The van der Waals surface area contributed by atoms with Gasteiger partial charge in [0, 0.05) is 17.4 Å². The van der Waals surface area contributed by atoms with Crippen LogP contribution in [0.2, 0.25) is 0 Å². The Labute approximate surface area is 176 Å². The zero-order valence-electron chi connectivity index (χ0n) is 17.7. The number of aliphatic hydroxyl groups is 3. The van der Waals surface area contributed by atoms with Gasteiger partial charge in [0.25, 0.3) is 0 Å². The Balaban J connectivity index is 1.58.